The van der Waals surface area contributed by atoms with Gasteiger partial charge in [-0.3, -0.25) is 9.59 Å². The number of amides is 2. The van der Waals surface area contributed by atoms with Gasteiger partial charge >= 0.3 is 0 Å². The van der Waals surface area contributed by atoms with E-state index in [0.717, 1.165) is 16.7 Å². The van der Waals surface area contributed by atoms with E-state index in [0.29, 0.717) is 23.7 Å². The van der Waals surface area contributed by atoms with Crippen molar-refractivity contribution >= 4 is 34.8 Å². The molecule has 1 aromatic heterocycles. The third-order valence-corrected chi connectivity index (χ3v) is 4.88. The molecular formula is C21H19ClN2O2S. The molecule has 0 bridgehead atoms. The van der Waals surface area contributed by atoms with E-state index in [9.17, 15) is 9.59 Å². The average molecular weight is 399 g/mol. The van der Waals surface area contributed by atoms with Crippen molar-refractivity contribution in [3.05, 3.63) is 81.5 Å². The normalized spacial score (nSPS) is 10.4. The van der Waals surface area contributed by atoms with Crippen molar-refractivity contribution < 1.29 is 9.59 Å². The lowest BCUT2D eigenvalue weighted by Crippen LogP contribution is -2.35. The summed E-state index contributed by atoms with van der Waals surface area (Å²) in [5.74, 6) is -0.262. The van der Waals surface area contributed by atoms with Crippen LogP contribution in [0.5, 0.6) is 0 Å². The molecule has 0 saturated heterocycles. The molecule has 0 aliphatic rings. The molecule has 0 radical (unpaired) electrons. The predicted octanol–water partition coefficient (Wildman–Crippen LogP) is 4.16. The maximum atomic E-state index is 12.3. The molecule has 2 aromatic carbocycles. The Morgan fingerprint density at radius 1 is 0.926 bits per heavy atom. The van der Waals surface area contributed by atoms with Crippen LogP contribution >= 0.6 is 22.9 Å². The van der Waals surface area contributed by atoms with Crippen molar-refractivity contribution in [2.24, 2.45) is 0 Å². The second-order valence-corrected chi connectivity index (χ2v) is 7.22. The minimum Gasteiger partial charge on any atom is -0.354 e. The van der Waals surface area contributed by atoms with Gasteiger partial charge in [0.1, 0.15) is 0 Å². The lowest BCUT2D eigenvalue weighted by molar-refractivity contribution is -0.120. The molecule has 138 valence electrons. The second kappa shape index (κ2) is 9.35. The lowest BCUT2D eigenvalue weighted by Gasteiger charge is -2.08. The van der Waals surface area contributed by atoms with Crippen molar-refractivity contribution in [1.29, 1.82) is 0 Å². The van der Waals surface area contributed by atoms with Gasteiger partial charge in [-0.1, -0.05) is 35.9 Å². The third-order valence-electron chi connectivity index (χ3n) is 3.97. The van der Waals surface area contributed by atoms with E-state index < -0.39 is 0 Å². The first-order chi connectivity index (χ1) is 13.1. The minimum absolute atomic E-state index is 0.106. The van der Waals surface area contributed by atoms with Crippen molar-refractivity contribution in [2.45, 2.75) is 6.42 Å². The number of hydrogen-bond donors (Lipinski definition) is 2. The number of hydrogen-bond acceptors (Lipinski definition) is 3. The van der Waals surface area contributed by atoms with E-state index >= 15 is 0 Å². The van der Waals surface area contributed by atoms with Crippen LogP contribution in [0.4, 0.5) is 0 Å². The number of nitrogens with one attached hydrogen (secondary N) is 2. The third kappa shape index (κ3) is 5.67. The van der Waals surface area contributed by atoms with Crippen LogP contribution < -0.4 is 10.6 Å². The molecule has 6 heteroatoms. The molecule has 0 saturated carbocycles. The number of rotatable bonds is 7. The molecule has 3 aromatic rings. The standard InChI is InChI=1S/C21H19ClN2O2S/c22-19-6-1-3-15(11-19)12-20(25)23-8-9-24-21(26)17-5-2-4-16(13-17)18-7-10-27-14-18/h1-7,10-11,13-14H,8-9,12H2,(H,23,25)(H,24,26). The molecule has 0 unspecified atom stereocenters. The highest BCUT2D eigenvalue weighted by molar-refractivity contribution is 7.08. The van der Waals surface area contributed by atoms with Crippen LogP contribution in [0, 0.1) is 0 Å². The SMILES string of the molecule is O=C(Cc1cccc(Cl)c1)NCCNC(=O)c1cccc(-c2ccsc2)c1. The molecule has 27 heavy (non-hydrogen) atoms. The van der Waals surface area contributed by atoms with Crippen molar-refractivity contribution in [2.75, 3.05) is 13.1 Å². The lowest BCUT2D eigenvalue weighted by atomic mass is 10.1. The zero-order valence-electron chi connectivity index (χ0n) is 14.6. The minimum atomic E-state index is -0.156. The van der Waals surface area contributed by atoms with E-state index in [1.807, 2.05) is 47.2 Å². The van der Waals surface area contributed by atoms with E-state index in [1.54, 1.807) is 29.5 Å². The topological polar surface area (TPSA) is 58.2 Å². The Balaban J connectivity index is 1.44. The summed E-state index contributed by atoms with van der Waals surface area (Å²) in [4.78, 5) is 24.3. The summed E-state index contributed by atoms with van der Waals surface area (Å²) in [6.07, 6.45) is 0.261. The van der Waals surface area contributed by atoms with Gasteiger partial charge in [0.05, 0.1) is 6.42 Å². The number of thiophene rings is 1. The highest BCUT2D eigenvalue weighted by Gasteiger charge is 2.08. The Hall–Kier alpha value is -2.63. The predicted molar refractivity (Wildman–Crippen MR) is 110 cm³/mol. The highest BCUT2D eigenvalue weighted by atomic mass is 35.5. The first-order valence-corrected chi connectivity index (χ1v) is 9.86. The summed E-state index contributed by atoms with van der Waals surface area (Å²) >= 11 is 7.53. The quantitative estimate of drug-likeness (QED) is 0.587. The molecule has 3 rings (SSSR count). The summed E-state index contributed by atoms with van der Waals surface area (Å²) in [6, 6.07) is 16.7. The van der Waals surface area contributed by atoms with Crippen molar-refractivity contribution in [3.63, 3.8) is 0 Å². The number of benzene rings is 2. The van der Waals surface area contributed by atoms with Crippen LogP contribution in [0.25, 0.3) is 11.1 Å². The molecule has 0 spiro atoms. The number of carbonyl (C=O) groups excluding carboxylic acids is 2. The average Bonchev–Trinajstić information content (AvgIpc) is 3.20. The molecule has 0 aliphatic heterocycles. The Kier molecular flexibility index (Phi) is 6.63. The monoisotopic (exact) mass is 398 g/mol. The smallest absolute Gasteiger partial charge is 0.251 e. The maximum absolute atomic E-state index is 12.3. The fourth-order valence-electron chi connectivity index (χ4n) is 2.64. The summed E-state index contributed by atoms with van der Waals surface area (Å²) in [5, 5.41) is 10.3. The van der Waals surface area contributed by atoms with Crippen LogP contribution in [-0.2, 0) is 11.2 Å². The summed E-state index contributed by atoms with van der Waals surface area (Å²) in [6.45, 7) is 0.734. The first-order valence-electron chi connectivity index (χ1n) is 8.54. The number of carbonyl (C=O) groups is 2. The van der Waals surface area contributed by atoms with E-state index in [1.165, 1.54) is 0 Å². The van der Waals surface area contributed by atoms with Crippen LogP contribution in [0.3, 0.4) is 0 Å². The Bertz CT molecular complexity index is 925. The Labute approximate surface area is 167 Å². The zero-order chi connectivity index (χ0) is 19.1. The molecule has 0 fully saturated rings. The molecule has 0 atom stereocenters. The van der Waals surface area contributed by atoms with Gasteiger partial charge in [0, 0.05) is 23.7 Å². The van der Waals surface area contributed by atoms with Gasteiger partial charge in [0.2, 0.25) is 5.91 Å². The van der Waals surface area contributed by atoms with Gasteiger partial charge in [-0.05, 0) is 57.8 Å². The van der Waals surface area contributed by atoms with Gasteiger partial charge in [-0.25, -0.2) is 0 Å². The summed E-state index contributed by atoms with van der Waals surface area (Å²) in [7, 11) is 0. The van der Waals surface area contributed by atoms with E-state index in [4.69, 9.17) is 11.6 Å². The maximum Gasteiger partial charge on any atom is 0.251 e. The van der Waals surface area contributed by atoms with E-state index in [2.05, 4.69) is 10.6 Å². The van der Waals surface area contributed by atoms with Gasteiger partial charge < -0.3 is 10.6 Å². The molecule has 2 N–H and O–H groups in total. The van der Waals surface area contributed by atoms with Crippen LogP contribution in [0.15, 0.2) is 65.4 Å². The van der Waals surface area contributed by atoms with Gasteiger partial charge in [-0.15, -0.1) is 0 Å². The molecule has 1 heterocycles. The zero-order valence-corrected chi connectivity index (χ0v) is 16.1. The van der Waals surface area contributed by atoms with Crippen molar-refractivity contribution in [1.82, 2.24) is 10.6 Å². The first kappa shape index (κ1) is 19.1. The van der Waals surface area contributed by atoms with Crippen molar-refractivity contribution in [3.8, 4) is 11.1 Å². The largest absolute Gasteiger partial charge is 0.354 e. The molecular weight excluding hydrogens is 380 g/mol. The summed E-state index contributed by atoms with van der Waals surface area (Å²) < 4.78 is 0. The fraction of sp³-hybridized carbons (Fsp3) is 0.143. The van der Waals surface area contributed by atoms with Crippen LogP contribution in [0.2, 0.25) is 5.02 Å². The fourth-order valence-corrected chi connectivity index (χ4v) is 3.52. The van der Waals surface area contributed by atoms with Crippen LogP contribution in [-0.4, -0.2) is 24.9 Å². The number of halogens is 1. The highest BCUT2D eigenvalue weighted by Crippen LogP contribution is 2.22. The molecule has 4 nitrogen and oxygen atoms in total. The van der Waals surface area contributed by atoms with Gasteiger partial charge in [0.25, 0.3) is 5.91 Å². The Morgan fingerprint density at radius 3 is 2.52 bits per heavy atom. The second-order valence-electron chi connectivity index (χ2n) is 6.01. The van der Waals surface area contributed by atoms with Crippen LogP contribution in [0.1, 0.15) is 15.9 Å². The molecule has 2 amide bonds. The summed E-state index contributed by atoms with van der Waals surface area (Å²) in [5.41, 5.74) is 3.57. The van der Waals surface area contributed by atoms with Gasteiger partial charge in [-0.2, -0.15) is 11.3 Å². The molecule has 0 aliphatic carbocycles. The van der Waals surface area contributed by atoms with E-state index in [-0.39, 0.29) is 18.2 Å². The Morgan fingerprint density at radius 2 is 1.74 bits per heavy atom. The van der Waals surface area contributed by atoms with Gasteiger partial charge in [0.15, 0.2) is 0 Å².